The minimum absolute atomic E-state index is 0.867. The Bertz CT molecular complexity index is 386. The maximum absolute atomic E-state index is 6.38. The van der Waals surface area contributed by atoms with Crippen molar-refractivity contribution in [1.29, 1.82) is 0 Å². The highest BCUT2D eigenvalue weighted by Crippen LogP contribution is 2.31. The molecule has 1 aliphatic rings. The van der Waals surface area contributed by atoms with Gasteiger partial charge in [0, 0.05) is 18.4 Å². The Morgan fingerprint density at radius 1 is 1.33 bits per heavy atom. The van der Waals surface area contributed by atoms with E-state index in [0.29, 0.717) is 0 Å². The first kappa shape index (κ1) is 14.2. The van der Waals surface area contributed by atoms with E-state index in [-0.39, 0.29) is 0 Å². The van der Waals surface area contributed by atoms with Gasteiger partial charge in [0.1, 0.15) is 0 Å². The van der Waals surface area contributed by atoms with E-state index in [2.05, 4.69) is 46.0 Å². The molecule has 100 valence electrons. The van der Waals surface area contributed by atoms with Gasteiger partial charge in [-0.2, -0.15) is 0 Å². The predicted molar refractivity (Wildman–Crippen MR) is 83.9 cm³/mol. The Balaban J connectivity index is 2.01. The molecule has 0 N–H and O–H groups in total. The number of alkyl halides is 1. The second-order valence-electron chi connectivity index (χ2n) is 5.14. The van der Waals surface area contributed by atoms with Crippen molar-refractivity contribution in [3.63, 3.8) is 0 Å². The quantitative estimate of drug-likeness (QED) is 0.681. The number of hydrogen-bond donors (Lipinski definition) is 0. The lowest BCUT2D eigenvalue weighted by molar-refractivity contribution is 0.378. The summed E-state index contributed by atoms with van der Waals surface area (Å²) in [6.45, 7) is 4.58. The van der Waals surface area contributed by atoms with Gasteiger partial charge in [-0.15, -0.1) is 0 Å². The monoisotopic (exact) mass is 329 g/mol. The summed E-state index contributed by atoms with van der Waals surface area (Å²) < 4.78 is 0. The molecule has 0 aromatic heterocycles. The number of piperidine rings is 1. The normalized spacial score (nSPS) is 17.2. The van der Waals surface area contributed by atoms with E-state index in [0.717, 1.165) is 29.4 Å². The van der Waals surface area contributed by atoms with Gasteiger partial charge in [0.25, 0.3) is 0 Å². The molecule has 1 aromatic rings. The van der Waals surface area contributed by atoms with Crippen LogP contribution in [0.15, 0.2) is 18.2 Å². The van der Waals surface area contributed by atoms with E-state index in [1.807, 2.05) is 0 Å². The molecule has 2 rings (SSSR count). The molecule has 0 spiro atoms. The number of nitrogens with zero attached hydrogens (tertiary/aromatic N) is 1. The maximum atomic E-state index is 6.38. The standard InChI is InChI=1S/C15H21BrClN/c1-2-3-12-6-8-18(9-7-12)15-5-4-13(11-16)10-14(15)17/h4-5,10,12H,2-3,6-9,11H2,1H3. The van der Waals surface area contributed by atoms with Gasteiger partial charge in [0.2, 0.25) is 0 Å². The highest BCUT2D eigenvalue weighted by Gasteiger charge is 2.20. The molecular formula is C15H21BrClN. The van der Waals surface area contributed by atoms with E-state index in [1.165, 1.54) is 36.9 Å². The third kappa shape index (κ3) is 3.42. The van der Waals surface area contributed by atoms with Crippen molar-refractivity contribution in [2.45, 2.75) is 37.9 Å². The third-order valence-electron chi connectivity index (χ3n) is 3.82. The molecule has 18 heavy (non-hydrogen) atoms. The lowest BCUT2D eigenvalue weighted by Gasteiger charge is -2.34. The lowest BCUT2D eigenvalue weighted by Crippen LogP contribution is -2.33. The molecule has 1 fully saturated rings. The van der Waals surface area contributed by atoms with Crippen LogP contribution in [-0.2, 0) is 5.33 Å². The van der Waals surface area contributed by atoms with Crippen LogP contribution in [0.1, 0.15) is 38.2 Å². The second kappa shape index (κ2) is 6.81. The molecule has 1 aliphatic heterocycles. The summed E-state index contributed by atoms with van der Waals surface area (Å²) in [5, 5.41) is 1.76. The first-order chi connectivity index (χ1) is 8.74. The lowest BCUT2D eigenvalue weighted by atomic mass is 9.92. The summed E-state index contributed by atoms with van der Waals surface area (Å²) in [5.41, 5.74) is 2.45. The SMILES string of the molecule is CCCC1CCN(c2ccc(CBr)cc2Cl)CC1. The minimum atomic E-state index is 0.867. The Morgan fingerprint density at radius 3 is 2.61 bits per heavy atom. The van der Waals surface area contributed by atoms with E-state index < -0.39 is 0 Å². The van der Waals surface area contributed by atoms with Gasteiger partial charge >= 0.3 is 0 Å². The number of benzene rings is 1. The van der Waals surface area contributed by atoms with Crippen molar-refractivity contribution in [1.82, 2.24) is 0 Å². The molecule has 1 heterocycles. The summed E-state index contributed by atoms with van der Waals surface area (Å²) in [7, 11) is 0. The van der Waals surface area contributed by atoms with Crippen LogP contribution in [0.2, 0.25) is 5.02 Å². The molecule has 0 bridgehead atoms. The Labute approximate surface area is 124 Å². The van der Waals surface area contributed by atoms with Gasteiger partial charge in [-0.25, -0.2) is 0 Å². The largest absolute Gasteiger partial charge is 0.370 e. The van der Waals surface area contributed by atoms with Crippen molar-refractivity contribution in [2.24, 2.45) is 5.92 Å². The molecule has 1 saturated heterocycles. The third-order valence-corrected chi connectivity index (χ3v) is 4.77. The molecule has 0 amide bonds. The van der Waals surface area contributed by atoms with E-state index in [4.69, 9.17) is 11.6 Å². The van der Waals surface area contributed by atoms with Crippen LogP contribution in [0.4, 0.5) is 5.69 Å². The zero-order chi connectivity index (χ0) is 13.0. The summed E-state index contributed by atoms with van der Waals surface area (Å²) in [5.74, 6) is 0.923. The first-order valence-corrected chi connectivity index (χ1v) is 8.34. The Hall–Kier alpha value is -0.210. The molecule has 0 unspecified atom stereocenters. The average Bonchev–Trinajstić information content (AvgIpc) is 2.40. The molecule has 0 aliphatic carbocycles. The van der Waals surface area contributed by atoms with E-state index >= 15 is 0 Å². The van der Waals surface area contributed by atoms with Gasteiger partial charge in [0.05, 0.1) is 10.7 Å². The minimum Gasteiger partial charge on any atom is -0.370 e. The van der Waals surface area contributed by atoms with Crippen LogP contribution in [0.5, 0.6) is 0 Å². The summed E-state index contributed by atoms with van der Waals surface area (Å²) >= 11 is 9.84. The molecule has 1 nitrogen and oxygen atoms in total. The van der Waals surface area contributed by atoms with E-state index in [9.17, 15) is 0 Å². The zero-order valence-corrected chi connectivity index (χ0v) is 13.3. The number of halogens is 2. The van der Waals surface area contributed by atoms with Crippen molar-refractivity contribution < 1.29 is 0 Å². The van der Waals surface area contributed by atoms with Crippen molar-refractivity contribution in [3.05, 3.63) is 28.8 Å². The van der Waals surface area contributed by atoms with Gasteiger partial charge < -0.3 is 4.90 Å². The second-order valence-corrected chi connectivity index (χ2v) is 6.11. The van der Waals surface area contributed by atoms with Crippen molar-refractivity contribution in [2.75, 3.05) is 18.0 Å². The van der Waals surface area contributed by atoms with Crippen LogP contribution < -0.4 is 4.90 Å². The maximum Gasteiger partial charge on any atom is 0.0642 e. The summed E-state index contributed by atoms with van der Waals surface area (Å²) in [4.78, 5) is 2.44. The Morgan fingerprint density at radius 2 is 2.06 bits per heavy atom. The van der Waals surface area contributed by atoms with E-state index in [1.54, 1.807) is 0 Å². The van der Waals surface area contributed by atoms with Gasteiger partial charge in [-0.3, -0.25) is 0 Å². The fourth-order valence-electron chi connectivity index (χ4n) is 2.76. The predicted octanol–water partition coefficient (Wildman–Crippen LogP) is 5.25. The smallest absolute Gasteiger partial charge is 0.0642 e. The molecular weight excluding hydrogens is 310 g/mol. The topological polar surface area (TPSA) is 3.24 Å². The van der Waals surface area contributed by atoms with Crippen LogP contribution >= 0.6 is 27.5 Å². The number of hydrogen-bond acceptors (Lipinski definition) is 1. The van der Waals surface area contributed by atoms with Crippen molar-refractivity contribution in [3.8, 4) is 0 Å². The summed E-state index contributed by atoms with van der Waals surface area (Å²) in [6, 6.07) is 6.40. The fraction of sp³-hybridized carbons (Fsp3) is 0.600. The molecule has 3 heteroatoms. The van der Waals surface area contributed by atoms with Crippen molar-refractivity contribution >= 4 is 33.2 Å². The highest BCUT2D eigenvalue weighted by atomic mass is 79.9. The zero-order valence-electron chi connectivity index (χ0n) is 11.0. The van der Waals surface area contributed by atoms with Gasteiger partial charge in [-0.1, -0.05) is 53.4 Å². The summed E-state index contributed by atoms with van der Waals surface area (Å²) in [6.07, 6.45) is 5.31. The van der Waals surface area contributed by atoms with Crippen LogP contribution in [0.25, 0.3) is 0 Å². The molecule has 0 atom stereocenters. The van der Waals surface area contributed by atoms with Crippen LogP contribution in [-0.4, -0.2) is 13.1 Å². The fourth-order valence-corrected chi connectivity index (χ4v) is 3.43. The molecule has 0 saturated carbocycles. The Kier molecular flexibility index (Phi) is 5.38. The van der Waals surface area contributed by atoms with Gasteiger partial charge in [-0.05, 0) is 36.5 Å². The van der Waals surface area contributed by atoms with Crippen LogP contribution in [0.3, 0.4) is 0 Å². The number of anilines is 1. The number of rotatable bonds is 4. The molecule has 1 aromatic carbocycles. The molecule has 0 radical (unpaired) electrons. The van der Waals surface area contributed by atoms with Gasteiger partial charge in [0.15, 0.2) is 0 Å². The first-order valence-electron chi connectivity index (χ1n) is 6.84. The average molecular weight is 331 g/mol. The van der Waals surface area contributed by atoms with Crippen LogP contribution in [0, 0.1) is 5.92 Å². The highest BCUT2D eigenvalue weighted by molar-refractivity contribution is 9.08.